The number of carbonyl (C=O) groups excluding carboxylic acids is 1. The third-order valence-corrected chi connectivity index (χ3v) is 3.62. The first-order valence-corrected chi connectivity index (χ1v) is 7.28. The number of alkyl halides is 2. The fraction of sp³-hybridized carbons (Fsp3) is 0.200. The summed E-state index contributed by atoms with van der Waals surface area (Å²) in [5.74, 6) is -3.47. The zero-order valence-electron chi connectivity index (χ0n) is 11.6. The number of nitrogens with zero attached hydrogens (tertiary/aromatic N) is 1. The Morgan fingerprint density at radius 2 is 2.14 bits per heavy atom. The normalized spacial score (nSPS) is 10.8. The molecule has 1 aromatic carbocycles. The van der Waals surface area contributed by atoms with Crippen molar-refractivity contribution in [1.82, 2.24) is 10.3 Å². The van der Waals surface area contributed by atoms with Crippen molar-refractivity contribution in [1.29, 1.82) is 0 Å². The Kier molecular flexibility index (Phi) is 5.43. The molecule has 0 saturated heterocycles. The SMILES string of the molecule is Cc1cc(CNC(=O)c2cccnc2SC(F)F)ccc1F. The van der Waals surface area contributed by atoms with E-state index in [2.05, 4.69) is 10.3 Å². The number of halogens is 3. The quantitative estimate of drug-likeness (QED) is 0.851. The molecule has 1 heterocycles. The number of carbonyl (C=O) groups is 1. The van der Waals surface area contributed by atoms with Gasteiger partial charge in [0.25, 0.3) is 11.7 Å². The summed E-state index contributed by atoms with van der Waals surface area (Å²) in [7, 11) is 0. The van der Waals surface area contributed by atoms with Crippen LogP contribution in [0.4, 0.5) is 13.2 Å². The van der Waals surface area contributed by atoms with Crippen molar-refractivity contribution in [2.75, 3.05) is 0 Å². The molecule has 0 aliphatic heterocycles. The Balaban J connectivity index is 2.07. The minimum atomic E-state index is -2.65. The van der Waals surface area contributed by atoms with E-state index in [4.69, 9.17) is 0 Å². The van der Waals surface area contributed by atoms with Gasteiger partial charge in [0.1, 0.15) is 10.8 Å². The second-order valence-corrected chi connectivity index (χ2v) is 5.48. The molecule has 2 rings (SSSR count). The number of thioether (sulfide) groups is 1. The average Bonchev–Trinajstić information content (AvgIpc) is 2.48. The second kappa shape index (κ2) is 7.31. The maximum atomic E-state index is 13.2. The van der Waals surface area contributed by atoms with Gasteiger partial charge < -0.3 is 5.32 Å². The first-order valence-electron chi connectivity index (χ1n) is 6.40. The number of nitrogens with one attached hydrogen (secondary N) is 1. The Hall–Kier alpha value is -2.02. The molecule has 0 atom stereocenters. The van der Waals surface area contributed by atoms with Crippen LogP contribution in [0.25, 0.3) is 0 Å². The summed E-state index contributed by atoms with van der Waals surface area (Å²) < 4.78 is 38.1. The van der Waals surface area contributed by atoms with Crippen molar-refractivity contribution in [3.8, 4) is 0 Å². The molecule has 0 bridgehead atoms. The van der Waals surface area contributed by atoms with Crippen molar-refractivity contribution in [3.63, 3.8) is 0 Å². The average molecular weight is 326 g/mol. The van der Waals surface area contributed by atoms with Crippen LogP contribution in [-0.2, 0) is 6.54 Å². The summed E-state index contributed by atoms with van der Waals surface area (Å²) in [5.41, 5.74) is 1.29. The topological polar surface area (TPSA) is 42.0 Å². The Labute approximate surface area is 129 Å². The molecule has 1 aromatic heterocycles. The standard InChI is InChI=1S/C15H13F3N2OS/c1-9-7-10(4-5-12(9)16)8-20-13(21)11-3-2-6-19-14(11)22-15(17)18/h2-7,15H,8H2,1H3,(H,20,21). The largest absolute Gasteiger partial charge is 0.348 e. The number of rotatable bonds is 5. The highest BCUT2D eigenvalue weighted by Gasteiger charge is 2.16. The van der Waals surface area contributed by atoms with Crippen LogP contribution in [0.2, 0.25) is 0 Å². The monoisotopic (exact) mass is 326 g/mol. The van der Waals surface area contributed by atoms with Crippen LogP contribution in [0.3, 0.4) is 0 Å². The summed E-state index contributed by atoms with van der Waals surface area (Å²) >= 11 is 0.225. The zero-order valence-corrected chi connectivity index (χ0v) is 12.5. The molecule has 3 nitrogen and oxygen atoms in total. The first kappa shape index (κ1) is 16.4. The lowest BCUT2D eigenvalue weighted by molar-refractivity contribution is 0.0947. The second-order valence-electron chi connectivity index (χ2n) is 4.50. The third kappa shape index (κ3) is 4.24. The fourth-order valence-electron chi connectivity index (χ4n) is 1.84. The van der Waals surface area contributed by atoms with Gasteiger partial charge in [-0.1, -0.05) is 12.1 Å². The van der Waals surface area contributed by atoms with Crippen LogP contribution < -0.4 is 5.32 Å². The molecule has 0 aliphatic carbocycles. The van der Waals surface area contributed by atoms with Crippen LogP contribution in [-0.4, -0.2) is 16.6 Å². The Morgan fingerprint density at radius 3 is 2.82 bits per heavy atom. The number of benzene rings is 1. The third-order valence-electron chi connectivity index (χ3n) is 2.89. The highest BCUT2D eigenvalue weighted by molar-refractivity contribution is 7.99. The van der Waals surface area contributed by atoms with Gasteiger partial charge in [-0.2, -0.15) is 8.78 Å². The minimum absolute atomic E-state index is 0.0229. The molecule has 0 radical (unpaired) electrons. The van der Waals surface area contributed by atoms with Crippen molar-refractivity contribution < 1.29 is 18.0 Å². The highest BCUT2D eigenvalue weighted by Crippen LogP contribution is 2.26. The van der Waals surface area contributed by atoms with Crippen LogP contribution in [0.15, 0.2) is 41.6 Å². The van der Waals surface area contributed by atoms with E-state index in [0.29, 0.717) is 5.56 Å². The molecule has 0 saturated carbocycles. The zero-order chi connectivity index (χ0) is 16.1. The van der Waals surface area contributed by atoms with Gasteiger partial charge in [0, 0.05) is 12.7 Å². The lowest BCUT2D eigenvalue weighted by Crippen LogP contribution is -2.23. The van der Waals surface area contributed by atoms with Crippen molar-refractivity contribution in [3.05, 3.63) is 59.0 Å². The number of amides is 1. The lowest BCUT2D eigenvalue weighted by Gasteiger charge is -2.09. The van der Waals surface area contributed by atoms with Crippen LogP contribution in [0.5, 0.6) is 0 Å². The maximum Gasteiger partial charge on any atom is 0.290 e. The van der Waals surface area contributed by atoms with E-state index in [0.717, 1.165) is 5.56 Å². The first-order chi connectivity index (χ1) is 10.5. The van der Waals surface area contributed by atoms with Crippen molar-refractivity contribution in [2.24, 2.45) is 0 Å². The molecule has 7 heteroatoms. The van der Waals surface area contributed by atoms with Gasteiger partial charge in [0.15, 0.2) is 0 Å². The van der Waals surface area contributed by atoms with E-state index in [1.54, 1.807) is 19.1 Å². The number of aromatic nitrogens is 1. The predicted molar refractivity (Wildman–Crippen MR) is 78.4 cm³/mol. The van der Waals surface area contributed by atoms with Crippen LogP contribution in [0, 0.1) is 12.7 Å². The van der Waals surface area contributed by atoms with Gasteiger partial charge in [-0.05, 0) is 48.0 Å². The molecular weight excluding hydrogens is 313 g/mol. The van der Waals surface area contributed by atoms with Gasteiger partial charge in [-0.3, -0.25) is 4.79 Å². The van der Waals surface area contributed by atoms with Gasteiger partial charge in [0.2, 0.25) is 0 Å². The number of hydrogen-bond acceptors (Lipinski definition) is 3. The molecule has 116 valence electrons. The van der Waals surface area contributed by atoms with E-state index in [-0.39, 0.29) is 34.7 Å². The maximum absolute atomic E-state index is 13.2. The Morgan fingerprint density at radius 1 is 1.36 bits per heavy atom. The molecule has 1 amide bonds. The number of hydrogen-bond donors (Lipinski definition) is 1. The summed E-state index contributed by atoms with van der Waals surface area (Å²) in [4.78, 5) is 15.9. The van der Waals surface area contributed by atoms with Crippen LogP contribution in [0.1, 0.15) is 21.5 Å². The Bertz CT molecular complexity index is 680. The van der Waals surface area contributed by atoms with Gasteiger partial charge in [0.05, 0.1) is 5.56 Å². The molecule has 2 aromatic rings. The predicted octanol–water partition coefficient (Wildman–Crippen LogP) is 3.77. The fourth-order valence-corrected chi connectivity index (χ4v) is 2.41. The van der Waals surface area contributed by atoms with E-state index in [1.807, 2.05) is 0 Å². The smallest absolute Gasteiger partial charge is 0.290 e. The van der Waals surface area contributed by atoms with Crippen molar-refractivity contribution >= 4 is 17.7 Å². The van der Waals surface area contributed by atoms with E-state index < -0.39 is 11.7 Å². The van der Waals surface area contributed by atoms with Crippen LogP contribution >= 0.6 is 11.8 Å². The molecule has 0 spiro atoms. The molecule has 0 unspecified atom stereocenters. The molecule has 22 heavy (non-hydrogen) atoms. The minimum Gasteiger partial charge on any atom is -0.348 e. The summed E-state index contributed by atoms with van der Waals surface area (Å²) in [5, 5.41) is 2.59. The lowest BCUT2D eigenvalue weighted by atomic mass is 10.1. The number of pyridine rings is 1. The highest BCUT2D eigenvalue weighted by atomic mass is 32.2. The van der Waals surface area contributed by atoms with E-state index in [9.17, 15) is 18.0 Å². The molecule has 1 N–H and O–H groups in total. The summed E-state index contributed by atoms with van der Waals surface area (Å²) in [6, 6.07) is 7.43. The van der Waals surface area contributed by atoms with Gasteiger partial charge >= 0.3 is 0 Å². The number of aryl methyl sites for hydroxylation is 1. The molecular formula is C15H13F3N2OS. The van der Waals surface area contributed by atoms with E-state index in [1.165, 1.54) is 24.4 Å². The van der Waals surface area contributed by atoms with Gasteiger partial charge in [-0.25, -0.2) is 9.37 Å². The molecule has 0 fully saturated rings. The van der Waals surface area contributed by atoms with Gasteiger partial charge in [-0.15, -0.1) is 0 Å². The molecule has 0 aliphatic rings. The van der Waals surface area contributed by atoms with Crippen molar-refractivity contribution in [2.45, 2.75) is 24.3 Å². The summed E-state index contributed by atoms with van der Waals surface area (Å²) in [6.45, 7) is 1.80. The summed E-state index contributed by atoms with van der Waals surface area (Å²) in [6.07, 6.45) is 1.35. The van der Waals surface area contributed by atoms with E-state index >= 15 is 0 Å².